The predicted molar refractivity (Wildman–Crippen MR) is 95.4 cm³/mol. The van der Waals surface area contributed by atoms with Crippen molar-refractivity contribution in [2.45, 2.75) is 37.3 Å². The molecule has 0 radical (unpaired) electrons. The number of aromatic nitrogens is 1. The Morgan fingerprint density at radius 3 is 2.92 bits per heavy atom. The van der Waals surface area contributed by atoms with Gasteiger partial charge in [-0.1, -0.05) is 0 Å². The molecule has 6 rings (SSSR count). The minimum absolute atomic E-state index is 0.252. The lowest BCUT2D eigenvalue weighted by Crippen LogP contribution is -2.73. The summed E-state index contributed by atoms with van der Waals surface area (Å²) in [5, 5.41) is 0. The van der Waals surface area contributed by atoms with Gasteiger partial charge in [-0.25, -0.2) is 9.83 Å². The van der Waals surface area contributed by atoms with Crippen LogP contribution in [0.3, 0.4) is 0 Å². The van der Waals surface area contributed by atoms with Crippen LogP contribution >= 0.6 is 0 Å². The molecular weight excluding hydrogens is 330 g/mol. The van der Waals surface area contributed by atoms with Gasteiger partial charge in [0.05, 0.1) is 0 Å². The summed E-state index contributed by atoms with van der Waals surface area (Å²) in [4.78, 5) is 19.5. The van der Waals surface area contributed by atoms with Crippen molar-refractivity contribution in [1.29, 1.82) is 0 Å². The van der Waals surface area contributed by atoms with E-state index in [0.29, 0.717) is 11.5 Å². The van der Waals surface area contributed by atoms with Gasteiger partial charge in [0, 0.05) is 49.2 Å². The number of hydrogen-bond donors (Lipinski definition) is 1. The Bertz CT molecular complexity index is 788. The van der Waals surface area contributed by atoms with Crippen molar-refractivity contribution in [1.82, 2.24) is 20.3 Å². The molecule has 0 amide bonds. The number of likely N-dealkylation sites (N-methyl/N-ethyl adjacent to an activating group) is 1. The van der Waals surface area contributed by atoms with Crippen molar-refractivity contribution in [3.8, 4) is 0 Å². The topological polar surface area (TPSA) is 62.2 Å². The van der Waals surface area contributed by atoms with E-state index in [9.17, 15) is 0 Å². The van der Waals surface area contributed by atoms with Gasteiger partial charge in [-0.3, -0.25) is 15.4 Å². The first-order chi connectivity index (χ1) is 12.8. The molecular formula is C19H23N5O2. The molecule has 1 saturated carbocycles. The molecule has 1 aromatic heterocycles. The predicted octanol–water partition coefficient (Wildman–Crippen LogP) is 1.41. The number of aliphatic imine (C=N–C) groups is 1. The quantitative estimate of drug-likeness (QED) is 0.887. The number of hydrogen-bond acceptors (Lipinski definition) is 7. The van der Waals surface area contributed by atoms with Crippen molar-refractivity contribution in [2.24, 2.45) is 16.8 Å². The largest absolute Gasteiger partial charge is 0.463 e. The van der Waals surface area contributed by atoms with Crippen LogP contribution in [0.25, 0.3) is 5.76 Å². The highest BCUT2D eigenvalue weighted by Crippen LogP contribution is 2.60. The van der Waals surface area contributed by atoms with Gasteiger partial charge in [0.1, 0.15) is 11.6 Å². The van der Waals surface area contributed by atoms with Gasteiger partial charge in [-0.05, 0) is 43.9 Å². The highest BCUT2D eigenvalue weighted by atomic mass is 16.7. The minimum atomic E-state index is -0.351. The van der Waals surface area contributed by atoms with E-state index in [-0.39, 0.29) is 12.5 Å². The van der Waals surface area contributed by atoms with Gasteiger partial charge in [-0.2, -0.15) is 0 Å². The Kier molecular flexibility index (Phi) is 3.00. The number of nitrogens with one attached hydrogen (secondary N) is 1. The van der Waals surface area contributed by atoms with E-state index < -0.39 is 0 Å². The normalized spacial score (nSPS) is 40.6. The summed E-state index contributed by atoms with van der Waals surface area (Å²) in [6.07, 6.45) is 8.97. The van der Waals surface area contributed by atoms with Gasteiger partial charge >= 0.3 is 0 Å². The molecule has 0 bridgehead atoms. The fourth-order valence-electron chi connectivity index (χ4n) is 5.52. The summed E-state index contributed by atoms with van der Waals surface area (Å²) in [6.45, 7) is 2.37. The van der Waals surface area contributed by atoms with Gasteiger partial charge in [-0.15, -0.1) is 0 Å². The lowest BCUT2D eigenvalue weighted by Gasteiger charge is -2.63. The first-order valence-corrected chi connectivity index (χ1v) is 9.51. The summed E-state index contributed by atoms with van der Waals surface area (Å²) < 4.78 is 6.15. The first kappa shape index (κ1) is 15.0. The molecule has 3 fully saturated rings. The molecule has 1 aliphatic carbocycles. The lowest BCUT2D eigenvalue weighted by molar-refractivity contribution is -0.104. The summed E-state index contributed by atoms with van der Waals surface area (Å²) in [7, 11) is 2.00. The Morgan fingerprint density at radius 2 is 2.15 bits per heavy atom. The monoisotopic (exact) mass is 353 g/mol. The number of pyridine rings is 1. The maximum absolute atomic E-state index is 6.15. The second-order valence-electron chi connectivity index (χ2n) is 8.04. The standard InChI is InChI=1S/C19H23N5O2/c1-23-11-15(12-3-7-20-8-4-12)25-18(23)17-21-16(22-26-17)14-10-24-9-5-13-2-6-19(13,14)24/h3-4,7-8,11,13-14,17-18H,2,5-6,9-10H2,1H3,(H,21,22). The highest BCUT2D eigenvalue weighted by Gasteiger charge is 2.67. The average Bonchev–Trinajstić information content (AvgIpc) is 3.27. The van der Waals surface area contributed by atoms with Gasteiger partial charge < -0.3 is 9.64 Å². The third kappa shape index (κ3) is 1.85. The first-order valence-electron chi connectivity index (χ1n) is 9.51. The number of hydroxylamine groups is 1. The van der Waals surface area contributed by atoms with Crippen molar-refractivity contribution in [3.63, 3.8) is 0 Å². The van der Waals surface area contributed by atoms with E-state index in [1.54, 1.807) is 12.4 Å². The fourth-order valence-corrected chi connectivity index (χ4v) is 5.52. The van der Waals surface area contributed by atoms with Gasteiger partial charge in [0.25, 0.3) is 0 Å². The van der Waals surface area contributed by atoms with E-state index >= 15 is 0 Å². The maximum atomic E-state index is 6.15. The Labute approximate surface area is 152 Å². The van der Waals surface area contributed by atoms with Crippen LogP contribution in [-0.2, 0) is 9.57 Å². The Balaban J connectivity index is 1.19. The number of ether oxygens (including phenoxy) is 1. The molecule has 5 aliphatic rings. The van der Waals surface area contributed by atoms with Crippen LogP contribution in [0.1, 0.15) is 24.8 Å². The second-order valence-corrected chi connectivity index (χ2v) is 8.04. The van der Waals surface area contributed by atoms with Crippen LogP contribution in [0, 0.1) is 11.8 Å². The van der Waals surface area contributed by atoms with Crippen molar-refractivity contribution >= 4 is 11.6 Å². The zero-order chi connectivity index (χ0) is 17.3. The maximum Gasteiger partial charge on any atom is 0.232 e. The molecule has 0 aromatic carbocycles. The molecule has 5 atom stereocenters. The van der Waals surface area contributed by atoms with Gasteiger partial charge in [0.2, 0.25) is 12.5 Å². The van der Waals surface area contributed by atoms with Crippen molar-refractivity contribution in [3.05, 3.63) is 36.3 Å². The zero-order valence-electron chi connectivity index (χ0n) is 14.8. The Morgan fingerprint density at radius 1 is 1.27 bits per heavy atom. The summed E-state index contributed by atoms with van der Waals surface area (Å²) in [6, 6.07) is 3.90. The SMILES string of the molecule is CN1C=C(c2ccncc2)OC1C1N=C(C2CN3CCC4CCC423)NO1. The molecule has 2 saturated heterocycles. The highest BCUT2D eigenvalue weighted by molar-refractivity contribution is 5.87. The van der Waals surface area contributed by atoms with Crippen LogP contribution in [0.2, 0.25) is 0 Å². The second kappa shape index (κ2) is 5.20. The van der Waals surface area contributed by atoms with E-state index in [4.69, 9.17) is 14.6 Å². The molecule has 5 unspecified atom stereocenters. The van der Waals surface area contributed by atoms with Crippen LogP contribution in [0.5, 0.6) is 0 Å². The van der Waals surface area contributed by atoms with Crippen LogP contribution in [0.4, 0.5) is 0 Å². The molecule has 136 valence electrons. The number of rotatable bonds is 3. The molecule has 4 aliphatic heterocycles. The number of nitrogens with zero attached hydrogens (tertiary/aromatic N) is 4. The van der Waals surface area contributed by atoms with Crippen LogP contribution in [0.15, 0.2) is 35.7 Å². The fraction of sp³-hybridized carbons (Fsp3) is 0.579. The lowest BCUT2D eigenvalue weighted by atomic mass is 9.56. The summed E-state index contributed by atoms with van der Waals surface area (Å²) >= 11 is 0. The molecule has 5 heterocycles. The summed E-state index contributed by atoms with van der Waals surface area (Å²) in [5.74, 6) is 3.20. The molecule has 1 spiro atoms. The molecule has 26 heavy (non-hydrogen) atoms. The third-order valence-corrected chi connectivity index (χ3v) is 7.00. The molecule has 1 N–H and O–H groups in total. The van der Waals surface area contributed by atoms with Gasteiger partial charge in [0.15, 0.2) is 0 Å². The van der Waals surface area contributed by atoms with Crippen molar-refractivity contribution < 1.29 is 9.57 Å². The minimum Gasteiger partial charge on any atom is -0.463 e. The van der Waals surface area contributed by atoms with E-state index in [2.05, 4.69) is 15.4 Å². The smallest absolute Gasteiger partial charge is 0.232 e. The third-order valence-electron chi connectivity index (χ3n) is 7.00. The van der Waals surface area contributed by atoms with Crippen LogP contribution in [-0.4, -0.2) is 58.8 Å². The van der Waals surface area contributed by atoms with E-state index in [1.165, 1.54) is 25.8 Å². The van der Waals surface area contributed by atoms with Crippen molar-refractivity contribution in [2.75, 3.05) is 20.1 Å². The molecule has 7 heteroatoms. The zero-order valence-corrected chi connectivity index (χ0v) is 14.8. The summed E-state index contributed by atoms with van der Waals surface area (Å²) in [5.41, 5.74) is 4.53. The number of amidine groups is 1. The Hall–Kier alpha value is -2.12. The molecule has 7 nitrogen and oxygen atoms in total. The van der Waals surface area contributed by atoms with E-state index in [0.717, 1.165) is 29.6 Å². The van der Waals surface area contributed by atoms with Crippen LogP contribution < -0.4 is 5.48 Å². The molecule has 1 aromatic rings. The van der Waals surface area contributed by atoms with E-state index in [1.807, 2.05) is 30.3 Å². The average molecular weight is 353 g/mol.